The van der Waals surface area contributed by atoms with Crippen molar-refractivity contribution in [1.29, 1.82) is 0 Å². The van der Waals surface area contributed by atoms with Gasteiger partial charge < -0.3 is 14.7 Å². The molecule has 0 aliphatic carbocycles. The second-order valence-corrected chi connectivity index (χ2v) is 5.51. The van der Waals surface area contributed by atoms with E-state index in [2.05, 4.69) is 10.5 Å². The molecule has 2 heterocycles. The quantitative estimate of drug-likeness (QED) is 0.916. The number of carbonyl (C=O) groups excluding carboxylic acids is 1. The molecule has 5 heteroatoms. The third kappa shape index (κ3) is 2.91. The van der Waals surface area contributed by atoms with Gasteiger partial charge in [-0.1, -0.05) is 22.9 Å². The molecule has 3 rings (SSSR count). The van der Waals surface area contributed by atoms with Gasteiger partial charge in [-0.3, -0.25) is 0 Å². The Kier molecular flexibility index (Phi) is 3.64. The Balaban J connectivity index is 1.72. The largest absolute Gasteiger partial charge is 0.361 e. The van der Waals surface area contributed by atoms with E-state index in [4.69, 9.17) is 4.52 Å². The molecule has 0 saturated carbocycles. The molecule has 1 aromatic heterocycles. The molecule has 1 fully saturated rings. The number of hydrogen-bond donors (Lipinski definition) is 1. The first kappa shape index (κ1) is 13.7. The van der Waals surface area contributed by atoms with E-state index in [1.54, 1.807) is 0 Å². The number of benzene rings is 1. The van der Waals surface area contributed by atoms with Crippen LogP contribution in [0.25, 0.3) is 0 Å². The van der Waals surface area contributed by atoms with E-state index in [1.807, 2.05) is 49.1 Å². The highest BCUT2D eigenvalue weighted by Gasteiger charge is 2.32. The van der Waals surface area contributed by atoms with Crippen molar-refractivity contribution in [3.8, 4) is 0 Å². The minimum atomic E-state index is -0.0815. The minimum Gasteiger partial charge on any atom is -0.361 e. The highest BCUT2D eigenvalue weighted by atomic mass is 16.5. The molecule has 1 aliphatic rings. The predicted molar refractivity (Wildman–Crippen MR) is 80.1 cm³/mol. The summed E-state index contributed by atoms with van der Waals surface area (Å²) in [5.41, 5.74) is 2.82. The summed E-state index contributed by atoms with van der Waals surface area (Å²) < 4.78 is 5.13. The zero-order chi connectivity index (χ0) is 14.8. The average molecular weight is 285 g/mol. The molecule has 1 aromatic carbocycles. The van der Waals surface area contributed by atoms with Gasteiger partial charge in [0.05, 0.1) is 6.04 Å². The Morgan fingerprint density at radius 1 is 1.33 bits per heavy atom. The maximum atomic E-state index is 12.4. The van der Waals surface area contributed by atoms with Gasteiger partial charge in [-0.15, -0.1) is 0 Å². The Morgan fingerprint density at radius 3 is 2.76 bits per heavy atom. The van der Waals surface area contributed by atoms with Crippen molar-refractivity contribution in [2.24, 2.45) is 0 Å². The molecule has 1 N–H and O–H groups in total. The van der Waals surface area contributed by atoms with Crippen LogP contribution in [0, 0.1) is 13.8 Å². The van der Waals surface area contributed by atoms with Gasteiger partial charge in [0.2, 0.25) is 0 Å². The van der Waals surface area contributed by atoms with E-state index in [0.717, 1.165) is 36.5 Å². The van der Waals surface area contributed by atoms with Gasteiger partial charge in [-0.25, -0.2) is 4.79 Å². The molecule has 2 amide bonds. The van der Waals surface area contributed by atoms with Crippen LogP contribution < -0.4 is 5.32 Å². The van der Waals surface area contributed by atoms with Gasteiger partial charge in [-0.05, 0) is 38.8 Å². The Hall–Kier alpha value is -2.30. The summed E-state index contributed by atoms with van der Waals surface area (Å²) in [6.07, 6.45) is 1.91. The zero-order valence-corrected chi connectivity index (χ0v) is 12.3. The molecule has 1 aliphatic heterocycles. The minimum absolute atomic E-state index is 0.00731. The number of carbonyl (C=O) groups is 1. The lowest BCUT2D eigenvalue weighted by Gasteiger charge is -2.23. The maximum Gasteiger partial charge on any atom is 0.322 e. The van der Waals surface area contributed by atoms with E-state index in [0.29, 0.717) is 0 Å². The maximum absolute atomic E-state index is 12.4. The van der Waals surface area contributed by atoms with Crippen molar-refractivity contribution >= 4 is 11.7 Å². The fourth-order valence-electron chi connectivity index (χ4n) is 2.69. The first-order valence-electron chi connectivity index (χ1n) is 7.21. The second kappa shape index (κ2) is 5.60. The monoisotopic (exact) mass is 285 g/mol. The van der Waals surface area contributed by atoms with Gasteiger partial charge in [0.1, 0.15) is 11.5 Å². The Bertz CT molecular complexity index is 633. The summed E-state index contributed by atoms with van der Waals surface area (Å²) in [7, 11) is 0. The fraction of sp³-hybridized carbons (Fsp3) is 0.375. The van der Waals surface area contributed by atoms with Crippen LogP contribution in [-0.2, 0) is 0 Å². The lowest BCUT2D eigenvalue weighted by atomic mass is 10.1. The zero-order valence-electron chi connectivity index (χ0n) is 12.3. The summed E-state index contributed by atoms with van der Waals surface area (Å²) in [5, 5.41) is 7.00. The van der Waals surface area contributed by atoms with Crippen molar-refractivity contribution in [3.63, 3.8) is 0 Å². The van der Waals surface area contributed by atoms with Gasteiger partial charge in [0, 0.05) is 18.3 Å². The summed E-state index contributed by atoms with van der Waals surface area (Å²) in [6, 6.07) is 9.63. The van der Waals surface area contributed by atoms with Crippen molar-refractivity contribution in [1.82, 2.24) is 10.1 Å². The van der Waals surface area contributed by atoms with Gasteiger partial charge in [-0.2, -0.15) is 0 Å². The SMILES string of the molecule is Cc1ccc(NC(=O)N2CCC[C@H]2c2cc(C)on2)cc1. The molecule has 0 unspecified atom stereocenters. The number of hydrogen-bond acceptors (Lipinski definition) is 3. The van der Waals surface area contributed by atoms with Crippen LogP contribution in [0.5, 0.6) is 0 Å². The highest BCUT2D eigenvalue weighted by Crippen LogP contribution is 2.31. The van der Waals surface area contributed by atoms with Crippen LogP contribution in [-0.4, -0.2) is 22.6 Å². The molecule has 5 nitrogen and oxygen atoms in total. The lowest BCUT2D eigenvalue weighted by molar-refractivity contribution is 0.204. The molecule has 2 aromatic rings. The number of nitrogens with one attached hydrogen (secondary N) is 1. The molecular formula is C16H19N3O2. The third-order valence-corrected chi connectivity index (χ3v) is 3.80. The van der Waals surface area contributed by atoms with Crippen LogP contribution >= 0.6 is 0 Å². The topological polar surface area (TPSA) is 58.4 Å². The number of nitrogens with zero attached hydrogens (tertiary/aromatic N) is 2. The van der Waals surface area contributed by atoms with Crippen molar-refractivity contribution < 1.29 is 9.32 Å². The lowest BCUT2D eigenvalue weighted by Crippen LogP contribution is -2.34. The molecule has 0 radical (unpaired) electrons. The number of aromatic nitrogens is 1. The summed E-state index contributed by atoms with van der Waals surface area (Å²) in [6.45, 7) is 4.63. The standard InChI is InChI=1S/C16H19N3O2/c1-11-5-7-13(8-6-11)17-16(20)19-9-3-4-15(19)14-10-12(2)21-18-14/h5-8,10,15H,3-4,9H2,1-2H3,(H,17,20)/t15-/m0/s1. The van der Waals surface area contributed by atoms with Gasteiger partial charge >= 0.3 is 6.03 Å². The number of rotatable bonds is 2. The summed E-state index contributed by atoms with van der Waals surface area (Å²) in [5.74, 6) is 0.774. The summed E-state index contributed by atoms with van der Waals surface area (Å²) in [4.78, 5) is 14.3. The Labute approximate surface area is 123 Å². The number of anilines is 1. The normalized spacial score (nSPS) is 18.0. The molecule has 1 atom stereocenters. The highest BCUT2D eigenvalue weighted by molar-refractivity contribution is 5.89. The second-order valence-electron chi connectivity index (χ2n) is 5.51. The van der Waals surface area contributed by atoms with E-state index >= 15 is 0 Å². The molecule has 21 heavy (non-hydrogen) atoms. The van der Waals surface area contributed by atoms with Crippen LogP contribution in [0.2, 0.25) is 0 Å². The molecular weight excluding hydrogens is 266 g/mol. The van der Waals surface area contributed by atoms with Crippen LogP contribution in [0.1, 0.15) is 35.9 Å². The van der Waals surface area contributed by atoms with E-state index < -0.39 is 0 Å². The Morgan fingerprint density at radius 2 is 2.10 bits per heavy atom. The van der Waals surface area contributed by atoms with Crippen LogP contribution in [0.15, 0.2) is 34.9 Å². The van der Waals surface area contributed by atoms with Crippen LogP contribution in [0.3, 0.4) is 0 Å². The van der Waals surface area contributed by atoms with E-state index in [-0.39, 0.29) is 12.1 Å². The fourth-order valence-corrected chi connectivity index (χ4v) is 2.69. The van der Waals surface area contributed by atoms with E-state index in [1.165, 1.54) is 5.56 Å². The molecule has 1 saturated heterocycles. The molecule has 0 spiro atoms. The number of amides is 2. The van der Waals surface area contributed by atoms with Crippen molar-refractivity contribution in [2.75, 3.05) is 11.9 Å². The van der Waals surface area contributed by atoms with Crippen molar-refractivity contribution in [2.45, 2.75) is 32.7 Å². The van der Waals surface area contributed by atoms with Crippen molar-refractivity contribution in [3.05, 3.63) is 47.3 Å². The number of likely N-dealkylation sites (tertiary alicyclic amines) is 1. The first-order chi connectivity index (χ1) is 10.1. The first-order valence-corrected chi connectivity index (χ1v) is 7.21. The van der Waals surface area contributed by atoms with Gasteiger partial charge in [0.25, 0.3) is 0 Å². The summed E-state index contributed by atoms with van der Waals surface area (Å²) >= 11 is 0. The molecule has 0 bridgehead atoms. The molecule has 110 valence electrons. The smallest absolute Gasteiger partial charge is 0.322 e. The van der Waals surface area contributed by atoms with Crippen LogP contribution in [0.4, 0.5) is 10.5 Å². The van der Waals surface area contributed by atoms with E-state index in [9.17, 15) is 4.79 Å². The number of urea groups is 1. The predicted octanol–water partition coefficient (Wildman–Crippen LogP) is 3.66. The number of aryl methyl sites for hydroxylation is 2. The van der Waals surface area contributed by atoms with Gasteiger partial charge in [0.15, 0.2) is 0 Å². The average Bonchev–Trinajstić information content (AvgIpc) is 3.09. The third-order valence-electron chi connectivity index (χ3n) is 3.80.